The molecular formula is C23H28Cl2N6. The zero-order valence-electron chi connectivity index (χ0n) is 18.2. The Morgan fingerprint density at radius 1 is 1.16 bits per heavy atom. The van der Waals surface area contributed by atoms with Crippen molar-refractivity contribution in [1.29, 1.82) is 0 Å². The van der Waals surface area contributed by atoms with Gasteiger partial charge in [0.15, 0.2) is 5.65 Å². The number of halogens is 2. The van der Waals surface area contributed by atoms with Crippen molar-refractivity contribution in [2.45, 2.75) is 45.7 Å². The van der Waals surface area contributed by atoms with Crippen LogP contribution < -0.4 is 4.90 Å². The zero-order valence-corrected chi connectivity index (χ0v) is 19.7. The molecule has 4 heterocycles. The van der Waals surface area contributed by atoms with Crippen LogP contribution in [0.25, 0.3) is 11.2 Å². The molecule has 3 unspecified atom stereocenters. The lowest BCUT2D eigenvalue weighted by atomic mass is 9.90. The van der Waals surface area contributed by atoms with Crippen molar-refractivity contribution in [2.75, 3.05) is 31.1 Å². The standard InChI is InChI=1S/C23H28Cl2N6/c1-14-13-30(10-7-20(14)29-8-4-9-29)21-12-26-22-15(2)28-31(23(22)27-21)16(3)18-6-5-17(24)11-19(18)25/h5-6,11-12,14,16,20H,4,7-10,13H2,1-3H3. The Bertz CT molecular complexity index is 1110. The Morgan fingerprint density at radius 3 is 2.65 bits per heavy atom. The van der Waals surface area contributed by atoms with Gasteiger partial charge in [-0.1, -0.05) is 36.2 Å². The van der Waals surface area contributed by atoms with Crippen molar-refractivity contribution in [2.24, 2.45) is 5.92 Å². The van der Waals surface area contributed by atoms with Crippen molar-refractivity contribution in [3.63, 3.8) is 0 Å². The van der Waals surface area contributed by atoms with Crippen LogP contribution in [0.4, 0.5) is 5.82 Å². The van der Waals surface area contributed by atoms with Gasteiger partial charge in [-0.25, -0.2) is 14.6 Å². The number of hydrogen-bond acceptors (Lipinski definition) is 5. The summed E-state index contributed by atoms with van der Waals surface area (Å²) in [5.74, 6) is 1.54. The quantitative estimate of drug-likeness (QED) is 0.552. The lowest BCUT2D eigenvalue weighted by molar-refractivity contribution is 0.0696. The van der Waals surface area contributed by atoms with Gasteiger partial charge in [-0.05, 0) is 63.4 Å². The normalized spacial score (nSPS) is 23.2. The molecule has 0 bridgehead atoms. The Balaban J connectivity index is 1.45. The largest absolute Gasteiger partial charge is 0.355 e. The van der Waals surface area contributed by atoms with E-state index in [0.29, 0.717) is 22.0 Å². The van der Waals surface area contributed by atoms with Crippen LogP contribution in [0.2, 0.25) is 10.0 Å². The highest BCUT2D eigenvalue weighted by Crippen LogP contribution is 2.32. The Labute approximate surface area is 193 Å². The number of nitrogens with zero attached hydrogens (tertiary/aromatic N) is 6. The van der Waals surface area contributed by atoms with Gasteiger partial charge in [0, 0.05) is 29.2 Å². The van der Waals surface area contributed by atoms with Crippen molar-refractivity contribution < 1.29 is 0 Å². The number of rotatable bonds is 4. The second-order valence-electron chi connectivity index (χ2n) is 8.94. The molecule has 2 aromatic heterocycles. The predicted molar refractivity (Wildman–Crippen MR) is 126 cm³/mol. The summed E-state index contributed by atoms with van der Waals surface area (Å²) >= 11 is 12.6. The molecule has 3 aromatic rings. The molecule has 3 atom stereocenters. The van der Waals surface area contributed by atoms with E-state index in [4.69, 9.17) is 38.3 Å². The summed E-state index contributed by atoms with van der Waals surface area (Å²) in [7, 11) is 0. The van der Waals surface area contributed by atoms with E-state index in [1.165, 1.54) is 25.9 Å². The predicted octanol–water partition coefficient (Wildman–Crippen LogP) is 4.97. The molecule has 0 saturated carbocycles. The highest BCUT2D eigenvalue weighted by Gasteiger charge is 2.33. The molecule has 2 saturated heterocycles. The number of likely N-dealkylation sites (tertiary alicyclic amines) is 1. The first-order chi connectivity index (χ1) is 14.9. The van der Waals surface area contributed by atoms with Crippen molar-refractivity contribution in [3.05, 3.63) is 45.7 Å². The smallest absolute Gasteiger partial charge is 0.179 e. The summed E-state index contributed by atoms with van der Waals surface area (Å²) in [4.78, 5) is 14.8. The first-order valence-corrected chi connectivity index (χ1v) is 11.8. The van der Waals surface area contributed by atoms with Crippen molar-refractivity contribution >= 4 is 40.2 Å². The van der Waals surface area contributed by atoms with Gasteiger partial charge in [0.2, 0.25) is 0 Å². The first kappa shape index (κ1) is 21.0. The van der Waals surface area contributed by atoms with Gasteiger partial charge < -0.3 is 4.90 Å². The molecule has 5 rings (SSSR count). The number of aryl methyl sites for hydroxylation is 1. The van der Waals surface area contributed by atoms with Crippen LogP contribution in [0, 0.1) is 12.8 Å². The maximum atomic E-state index is 6.48. The van der Waals surface area contributed by atoms with E-state index >= 15 is 0 Å². The average molecular weight is 459 g/mol. The second kappa shape index (κ2) is 8.23. The summed E-state index contributed by atoms with van der Waals surface area (Å²) in [5, 5.41) is 6.02. The van der Waals surface area contributed by atoms with E-state index in [1.54, 1.807) is 6.07 Å². The lowest BCUT2D eigenvalue weighted by Crippen LogP contribution is -2.54. The molecule has 2 fully saturated rings. The van der Waals surface area contributed by atoms with Crippen LogP contribution in [0.3, 0.4) is 0 Å². The van der Waals surface area contributed by atoms with Gasteiger partial charge in [-0.15, -0.1) is 0 Å². The maximum absolute atomic E-state index is 6.48. The molecule has 0 amide bonds. The third kappa shape index (κ3) is 3.79. The van der Waals surface area contributed by atoms with E-state index < -0.39 is 0 Å². The summed E-state index contributed by atoms with van der Waals surface area (Å²) in [5.41, 5.74) is 3.47. The highest BCUT2D eigenvalue weighted by atomic mass is 35.5. The van der Waals surface area contributed by atoms with E-state index in [1.807, 2.05) is 29.9 Å². The number of hydrogen-bond donors (Lipinski definition) is 0. The summed E-state index contributed by atoms with van der Waals surface area (Å²) in [6, 6.07) is 6.20. The van der Waals surface area contributed by atoms with E-state index in [0.717, 1.165) is 41.3 Å². The molecule has 164 valence electrons. The first-order valence-electron chi connectivity index (χ1n) is 11.1. The molecule has 1 aromatic carbocycles. The average Bonchev–Trinajstić information content (AvgIpc) is 3.04. The lowest BCUT2D eigenvalue weighted by Gasteiger charge is -2.46. The summed E-state index contributed by atoms with van der Waals surface area (Å²) in [6.45, 7) is 10.9. The molecular weight excluding hydrogens is 431 g/mol. The van der Waals surface area contributed by atoms with Gasteiger partial charge >= 0.3 is 0 Å². The molecule has 0 spiro atoms. The Hall–Kier alpha value is -1.89. The molecule has 8 heteroatoms. The summed E-state index contributed by atoms with van der Waals surface area (Å²) < 4.78 is 1.94. The minimum Gasteiger partial charge on any atom is -0.355 e. The van der Waals surface area contributed by atoms with Gasteiger partial charge in [-0.3, -0.25) is 4.90 Å². The van der Waals surface area contributed by atoms with Gasteiger partial charge in [0.25, 0.3) is 0 Å². The zero-order chi connectivity index (χ0) is 21.7. The van der Waals surface area contributed by atoms with Crippen LogP contribution in [0.15, 0.2) is 24.4 Å². The van der Waals surface area contributed by atoms with E-state index in [2.05, 4.69) is 23.6 Å². The number of fused-ring (bicyclic) bond motifs is 1. The van der Waals surface area contributed by atoms with E-state index in [9.17, 15) is 0 Å². The molecule has 6 nitrogen and oxygen atoms in total. The monoisotopic (exact) mass is 458 g/mol. The molecule has 31 heavy (non-hydrogen) atoms. The van der Waals surface area contributed by atoms with Crippen molar-refractivity contribution in [3.8, 4) is 0 Å². The SMILES string of the molecule is Cc1nn(C(C)c2ccc(Cl)cc2Cl)c2nc(N3CCC(N4CCC4)C(C)C3)cnc12. The Kier molecular flexibility index (Phi) is 5.57. The van der Waals surface area contributed by atoms with Gasteiger partial charge in [0.05, 0.1) is 17.9 Å². The highest BCUT2D eigenvalue weighted by molar-refractivity contribution is 6.35. The Morgan fingerprint density at radius 2 is 1.97 bits per heavy atom. The number of aromatic nitrogens is 4. The van der Waals surface area contributed by atoms with E-state index in [-0.39, 0.29) is 6.04 Å². The third-order valence-corrected chi connectivity index (χ3v) is 7.44. The topological polar surface area (TPSA) is 50.1 Å². The summed E-state index contributed by atoms with van der Waals surface area (Å²) in [6.07, 6.45) is 4.42. The fourth-order valence-corrected chi connectivity index (χ4v) is 5.56. The molecule has 0 aliphatic carbocycles. The number of benzene rings is 1. The van der Waals surface area contributed by atoms with Gasteiger partial charge in [0.1, 0.15) is 11.3 Å². The van der Waals surface area contributed by atoms with Crippen LogP contribution in [-0.2, 0) is 0 Å². The second-order valence-corrected chi connectivity index (χ2v) is 9.78. The number of anilines is 1. The minimum absolute atomic E-state index is 0.0819. The van der Waals surface area contributed by atoms with Crippen LogP contribution in [0.5, 0.6) is 0 Å². The number of piperidine rings is 1. The van der Waals surface area contributed by atoms with Crippen LogP contribution in [0.1, 0.15) is 44.0 Å². The fraction of sp³-hybridized carbons (Fsp3) is 0.522. The molecule has 0 N–H and O–H groups in total. The molecule has 2 aliphatic heterocycles. The fourth-order valence-electron chi connectivity index (χ4n) is 4.99. The van der Waals surface area contributed by atoms with Crippen molar-refractivity contribution in [1.82, 2.24) is 24.6 Å². The molecule has 0 radical (unpaired) electrons. The minimum atomic E-state index is -0.0819. The molecule has 2 aliphatic rings. The van der Waals surface area contributed by atoms with Crippen LogP contribution in [-0.4, -0.2) is 56.9 Å². The van der Waals surface area contributed by atoms with Crippen LogP contribution >= 0.6 is 23.2 Å². The van der Waals surface area contributed by atoms with Gasteiger partial charge in [-0.2, -0.15) is 5.10 Å². The third-order valence-electron chi connectivity index (χ3n) is 6.88. The maximum Gasteiger partial charge on any atom is 0.179 e.